The number of nitrogens with one attached hydrogen (secondary N) is 1. The van der Waals surface area contributed by atoms with E-state index in [1.165, 1.54) is 4.57 Å². The number of halogens is 1. The molecule has 0 unspecified atom stereocenters. The quantitative estimate of drug-likeness (QED) is 0.292. The van der Waals surface area contributed by atoms with Crippen LogP contribution in [0.25, 0.3) is 5.69 Å². The number of anilines is 1. The lowest BCUT2D eigenvalue weighted by molar-refractivity contribution is -0.113. The second kappa shape index (κ2) is 10.4. The Morgan fingerprint density at radius 2 is 1.61 bits per heavy atom. The first-order valence-electron chi connectivity index (χ1n) is 10.1. The van der Waals surface area contributed by atoms with Gasteiger partial charge in [-0.15, -0.1) is 0 Å². The van der Waals surface area contributed by atoms with Crippen LogP contribution in [0.1, 0.15) is 11.1 Å². The number of nitrogens with zero attached hydrogens (tertiary/aromatic N) is 2. The fourth-order valence-electron chi connectivity index (χ4n) is 3.24. The van der Waals surface area contributed by atoms with Gasteiger partial charge in [0, 0.05) is 17.1 Å². The van der Waals surface area contributed by atoms with Crippen LogP contribution in [0.4, 0.5) is 5.69 Å². The van der Waals surface area contributed by atoms with E-state index in [4.69, 9.17) is 11.6 Å². The highest BCUT2D eigenvalue weighted by Gasteiger charge is 2.19. The first kappa shape index (κ1) is 22.6. The number of hydrogen-bond donors (Lipinski definition) is 2. The molecule has 0 saturated heterocycles. The van der Waals surface area contributed by atoms with Gasteiger partial charge in [0.25, 0.3) is 5.56 Å². The molecule has 1 aromatic heterocycles. The zero-order valence-corrected chi connectivity index (χ0v) is 19.0. The lowest BCUT2D eigenvalue weighted by Crippen LogP contribution is -2.26. The molecule has 6 nitrogen and oxygen atoms in total. The van der Waals surface area contributed by atoms with E-state index in [-0.39, 0.29) is 40.2 Å². The van der Waals surface area contributed by atoms with Crippen LogP contribution >= 0.6 is 23.4 Å². The van der Waals surface area contributed by atoms with Crippen LogP contribution in [0, 0.1) is 0 Å². The number of amides is 1. The molecule has 0 aliphatic carbocycles. The third-order valence-electron chi connectivity index (χ3n) is 4.82. The first-order chi connectivity index (χ1) is 16.0. The summed E-state index contributed by atoms with van der Waals surface area (Å²) < 4.78 is 1.43. The Balaban J connectivity index is 1.63. The molecule has 4 aromatic rings. The molecule has 4 rings (SSSR count). The number of aromatic hydroxyl groups is 1. The Morgan fingerprint density at radius 1 is 0.970 bits per heavy atom. The number of hydrogen-bond acceptors (Lipinski definition) is 5. The minimum atomic E-state index is -0.377. The molecule has 3 aromatic carbocycles. The monoisotopic (exact) mass is 477 g/mol. The van der Waals surface area contributed by atoms with E-state index in [9.17, 15) is 14.7 Å². The second-order valence-electron chi connectivity index (χ2n) is 7.18. The van der Waals surface area contributed by atoms with Gasteiger partial charge in [0.15, 0.2) is 5.16 Å². The number of benzene rings is 3. The summed E-state index contributed by atoms with van der Waals surface area (Å²) in [4.78, 5) is 30.2. The van der Waals surface area contributed by atoms with Crippen molar-refractivity contribution in [3.8, 4) is 11.6 Å². The minimum absolute atomic E-state index is 0.000623. The molecule has 0 bridgehead atoms. The molecule has 1 amide bonds. The molecule has 0 spiro atoms. The molecule has 33 heavy (non-hydrogen) atoms. The van der Waals surface area contributed by atoms with Gasteiger partial charge in [-0.25, -0.2) is 0 Å². The predicted octanol–water partition coefficient (Wildman–Crippen LogP) is 4.91. The van der Waals surface area contributed by atoms with Crippen molar-refractivity contribution in [1.29, 1.82) is 0 Å². The zero-order chi connectivity index (χ0) is 23.2. The average molecular weight is 478 g/mol. The smallest absolute Gasteiger partial charge is 0.266 e. The van der Waals surface area contributed by atoms with Crippen LogP contribution in [0.5, 0.6) is 5.88 Å². The Bertz CT molecular complexity index is 1310. The molecule has 0 fully saturated rings. The van der Waals surface area contributed by atoms with Crippen LogP contribution in [-0.2, 0) is 11.2 Å². The molecule has 166 valence electrons. The lowest BCUT2D eigenvalue weighted by atomic mass is 10.1. The Kier molecular flexibility index (Phi) is 7.12. The summed E-state index contributed by atoms with van der Waals surface area (Å²) in [6.45, 7) is 0. The molecule has 1 heterocycles. The van der Waals surface area contributed by atoms with Crippen LogP contribution in [0.2, 0.25) is 5.02 Å². The summed E-state index contributed by atoms with van der Waals surface area (Å²) in [6.07, 6.45) is 0.243. The van der Waals surface area contributed by atoms with Crippen LogP contribution < -0.4 is 10.9 Å². The van der Waals surface area contributed by atoms with Gasteiger partial charge in [0.05, 0.1) is 17.0 Å². The van der Waals surface area contributed by atoms with E-state index >= 15 is 0 Å². The number of thioether (sulfide) groups is 1. The third-order valence-corrected chi connectivity index (χ3v) is 6.01. The van der Waals surface area contributed by atoms with Crippen molar-refractivity contribution in [2.45, 2.75) is 11.6 Å². The molecule has 0 saturated carbocycles. The average Bonchev–Trinajstić information content (AvgIpc) is 2.83. The maximum atomic E-state index is 13.4. The van der Waals surface area contributed by atoms with Gasteiger partial charge in [-0.1, -0.05) is 71.9 Å². The SMILES string of the molecule is O=C(CSc1nc(O)c(Cc2ccccc2)c(=O)n1-c1ccccc1)Nc1ccc(Cl)cc1. The van der Waals surface area contributed by atoms with Crippen molar-refractivity contribution in [2.24, 2.45) is 0 Å². The number of carbonyl (C=O) groups excluding carboxylic acids is 1. The molecule has 0 aliphatic heterocycles. The number of rotatable bonds is 7. The highest BCUT2D eigenvalue weighted by molar-refractivity contribution is 7.99. The summed E-state index contributed by atoms with van der Waals surface area (Å²) in [5.41, 5.74) is 1.91. The highest BCUT2D eigenvalue weighted by Crippen LogP contribution is 2.24. The molecule has 2 N–H and O–H groups in total. The fourth-order valence-corrected chi connectivity index (χ4v) is 4.17. The highest BCUT2D eigenvalue weighted by atomic mass is 35.5. The zero-order valence-electron chi connectivity index (χ0n) is 17.4. The van der Waals surface area contributed by atoms with Crippen molar-refractivity contribution in [1.82, 2.24) is 9.55 Å². The van der Waals surface area contributed by atoms with Gasteiger partial charge < -0.3 is 10.4 Å². The summed E-state index contributed by atoms with van der Waals surface area (Å²) in [7, 11) is 0. The molecular formula is C25H20ClN3O3S. The third kappa shape index (κ3) is 5.63. The van der Waals surface area contributed by atoms with E-state index in [0.717, 1.165) is 17.3 Å². The Hall–Kier alpha value is -3.55. The van der Waals surface area contributed by atoms with Gasteiger partial charge >= 0.3 is 0 Å². The summed E-state index contributed by atoms with van der Waals surface area (Å²) in [5.74, 6) is -0.611. The molecule has 0 radical (unpaired) electrons. The van der Waals surface area contributed by atoms with E-state index in [0.29, 0.717) is 16.4 Å². The van der Waals surface area contributed by atoms with E-state index < -0.39 is 0 Å². The van der Waals surface area contributed by atoms with Gasteiger partial charge in [0.1, 0.15) is 0 Å². The standard InChI is InChI=1S/C25H20ClN3O3S/c26-18-11-13-19(14-12-18)27-22(30)16-33-25-28-23(31)21(15-17-7-3-1-4-8-17)24(32)29(25)20-9-5-2-6-10-20/h1-14,31H,15-16H2,(H,27,30). The number of carbonyl (C=O) groups is 1. The van der Waals surface area contributed by atoms with Crippen molar-refractivity contribution in [2.75, 3.05) is 11.1 Å². The predicted molar refractivity (Wildman–Crippen MR) is 132 cm³/mol. The summed E-state index contributed by atoms with van der Waals surface area (Å²) >= 11 is 6.95. The minimum Gasteiger partial charge on any atom is -0.493 e. The van der Waals surface area contributed by atoms with Crippen LogP contribution in [-0.4, -0.2) is 26.3 Å². The largest absolute Gasteiger partial charge is 0.493 e. The summed E-state index contributed by atoms with van der Waals surface area (Å²) in [5, 5.41) is 14.2. The van der Waals surface area contributed by atoms with Gasteiger partial charge in [-0.3, -0.25) is 14.2 Å². The number of para-hydroxylation sites is 1. The molecule has 0 aliphatic rings. The Morgan fingerprint density at radius 3 is 2.27 bits per heavy atom. The van der Waals surface area contributed by atoms with E-state index in [2.05, 4.69) is 10.3 Å². The van der Waals surface area contributed by atoms with Crippen molar-refractivity contribution >= 4 is 35.0 Å². The maximum absolute atomic E-state index is 13.4. The fraction of sp³-hybridized carbons (Fsp3) is 0.0800. The maximum Gasteiger partial charge on any atom is 0.266 e. The van der Waals surface area contributed by atoms with Crippen molar-refractivity contribution < 1.29 is 9.90 Å². The van der Waals surface area contributed by atoms with Gasteiger partial charge in [-0.2, -0.15) is 4.98 Å². The summed E-state index contributed by atoms with van der Waals surface area (Å²) in [6, 6.07) is 25.2. The van der Waals surface area contributed by atoms with E-state index in [1.807, 2.05) is 48.5 Å². The molecule has 8 heteroatoms. The van der Waals surface area contributed by atoms with Crippen molar-refractivity contribution in [3.63, 3.8) is 0 Å². The molecular weight excluding hydrogens is 458 g/mol. The van der Waals surface area contributed by atoms with Gasteiger partial charge in [-0.05, 0) is 42.0 Å². The van der Waals surface area contributed by atoms with Crippen LogP contribution in [0.3, 0.4) is 0 Å². The van der Waals surface area contributed by atoms with Crippen LogP contribution in [0.15, 0.2) is 94.9 Å². The normalized spacial score (nSPS) is 10.7. The first-order valence-corrected chi connectivity index (χ1v) is 11.5. The second-order valence-corrected chi connectivity index (χ2v) is 8.56. The van der Waals surface area contributed by atoms with Crippen molar-refractivity contribution in [3.05, 3.63) is 111 Å². The lowest BCUT2D eigenvalue weighted by Gasteiger charge is -2.15. The van der Waals surface area contributed by atoms with E-state index in [1.54, 1.807) is 36.4 Å². The Labute approximate surface area is 199 Å². The topological polar surface area (TPSA) is 84.2 Å². The number of aromatic nitrogens is 2. The molecule has 0 atom stereocenters. The van der Waals surface area contributed by atoms with Gasteiger partial charge in [0.2, 0.25) is 11.8 Å².